The number of aromatic nitrogens is 4. The first-order chi connectivity index (χ1) is 12.3. The van der Waals surface area contributed by atoms with E-state index in [1.54, 1.807) is 7.05 Å². The number of halogens is 4. The normalized spacial score (nSPS) is 20.2. The van der Waals surface area contributed by atoms with Crippen LogP contribution in [-0.2, 0) is 0 Å². The largest absolute Gasteiger partial charge is 0.467 e. The van der Waals surface area contributed by atoms with E-state index < -0.39 is 25.2 Å². The van der Waals surface area contributed by atoms with Crippen molar-refractivity contribution in [1.29, 1.82) is 0 Å². The Balaban J connectivity index is 1.65. The Morgan fingerprint density at radius 2 is 2.15 bits per heavy atom. The van der Waals surface area contributed by atoms with Crippen molar-refractivity contribution in [2.45, 2.75) is 25.1 Å². The maximum Gasteiger partial charge on any atom is 0.388 e. The number of alkyl halides is 4. The average molecular weight is 376 g/mol. The molecule has 0 spiro atoms. The van der Waals surface area contributed by atoms with Gasteiger partial charge in [0.05, 0.1) is 18.9 Å². The zero-order valence-corrected chi connectivity index (χ0v) is 13.6. The summed E-state index contributed by atoms with van der Waals surface area (Å²) in [6, 6.07) is 1.19. The number of piperidine rings is 1. The molecule has 1 aliphatic heterocycles. The van der Waals surface area contributed by atoms with Gasteiger partial charge < -0.3 is 19.7 Å². The highest BCUT2D eigenvalue weighted by Gasteiger charge is 2.45. The molecule has 0 aromatic carbocycles. The number of aromatic amines is 1. The summed E-state index contributed by atoms with van der Waals surface area (Å²) in [6.45, 7) is -2.91. The van der Waals surface area contributed by atoms with Crippen LogP contribution in [0.1, 0.15) is 6.42 Å². The van der Waals surface area contributed by atoms with E-state index in [0.29, 0.717) is 6.54 Å². The van der Waals surface area contributed by atoms with Crippen LogP contribution in [0.3, 0.4) is 0 Å². The number of hydrogen-bond donors (Lipinski definition) is 2. The predicted molar refractivity (Wildman–Crippen MR) is 82.0 cm³/mol. The minimum absolute atomic E-state index is 0.0798. The lowest BCUT2D eigenvalue weighted by Crippen LogP contribution is -2.52. The molecule has 1 aliphatic rings. The first kappa shape index (κ1) is 18.2. The van der Waals surface area contributed by atoms with Crippen LogP contribution in [0.25, 0.3) is 0 Å². The molecule has 12 heteroatoms. The van der Waals surface area contributed by atoms with Crippen LogP contribution in [0.2, 0.25) is 0 Å². The quantitative estimate of drug-likeness (QED) is 0.748. The van der Waals surface area contributed by atoms with Crippen LogP contribution < -0.4 is 14.8 Å². The molecule has 1 atom stereocenters. The number of rotatable bonds is 6. The van der Waals surface area contributed by atoms with E-state index in [1.807, 2.05) is 0 Å². The van der Waals surface area contributed by atoms with Gasteiger partial charge in [-0.25, -0.2) is 13.9 Å². The van der Waals surface area contributed by atoms with E-state index in [0.717, 1.165) is 0 Å². The van der Waals surface area contributed by atoms with Crippen LogP contribution in [0.5, 0.6) is 11.8 Å². The lowest BCUT2D eigenvalue weighted by atomic mass is 10.0. The van der Waals surface area contributed by atoms with Crippen molar-refractivity contribution in [1.82, 2.24) is 25.1 Å². The van der Waals surface area contributed by atoms with Crippen molar-refractivity contribution >= 4 is 11.6 Å². The van der Waals surface area contributed by atoms with Gasteiger partial charge in [0, 0.05) is 19.0 Å². The van der Waals surface area contributed by atoms with Gasteiger partial charge >= 0.3 is 6.61 Å². The van der Waals surface area contributed by atoms with E-state index in [4.69, 9.17) is 4.74 Å². The highest BCUT2D eigenvalue weighted by atomic mass is 19.3. The van der Waals surface area contributed by atoms with Crippen molar-refractivity contribution in [3.05, 3.63) is 18.5 Å². The van der Waals surface area contributed by atoms with Crippen LogP contribution >= 0.6 is 0 Å². The first-order valence-electron chi connectivity index (χ1n) is 7.64. The number of nitrogens with one attached hydrogen (secondary N) is 2. The van der Waals surface area contributed by atoms with Crippen LogP contribution in [0.4, 0.5) is 29.2 Å². The maximum atomic E-state index is 14.0. The molecule has 2 N–H and O–H groups in total. The lowest BCUT2D eigenvalue weighted by molar-refractivity contribution is -0.136. The molecule has 1 fully saturated rings. The molecule has 0 amide bonds. The van der Waals surface area contributed by atoms with Gasteiger partial charge in [0.25, 0.3) is 5.92 Å². The van der Waals surface area contributed by atoms with Gasteiger partial charge in [-0.3, -0.25) is 4.98 Å². The van der Waals surface area contributed by atoms with E-state index in [-0.39, 0.29) is 29.8 Å². The Morgan fingerprint density at radius 3 is 2.88 bits per heavy atom. The van der Waals surface area contributed by atoms with Crippen LogP contribution in [0, 0.1) is 0 Å². The van der Waals surface area contributed by atoms with Gasteiger partial charge in [-0.05, 0) is 7.05 Å². The summed E-state index contributed by atoms with van der Waals surface area (Å²) < 4.78 is 61.8. The van der Waals surface area contributed by atoms with Crippen molar-refractivity contribution < 1.29 is 27.0 Å². The molecular weight excluding hydrogens is 360 g/mol. The Hall–Kier alpha value is -2.63. The van der Waals surface area contributed by atoms with Crippen molar-refractivity contribution in [3.8, 4) is 11.8 Å². The molecule has 3 rings (SSSR count). The molecule has 0 bridgehead atoms. The SMILES string of the molecule is CN1CC[C@H](Oc2cncc(Nc3cc(OC(F)F)[nH]n3)n2)C(F)(F)C1. The molecule has 0 saturated carbocycles. The Morgan fingerprint density at radius 1 is 1.35 bits per heavy atom. The third kappa shape index (κ3) is 4.50. The van der Waals surface area contributed by atoms with Gasteiger partial charge in [0.1, 0.15) is 0 Å². The van der Waals surface area contributed by atoms with E-state index in [9.17, 15) is 17.6 Å². The zero-order valence-electron chi connectivity index (χ0n) is 13.6. The summed E-state index contributed by atoms with van der Waals surface area (Å²) in [7, 11) is 1.62. The van der Waals surface area contributed by atoms with Gasteiger partial charge in [0.2, 0.25) is 11.8 Å². The summed E-state index contributed by atoms with van der Waals surface area (Å²) in [5, 5.41) is 8.65. The van der Waals surface area contributed by atoms with E-state index in [1.165, 1.54) is 23.4 Å². The van der Waals surface area contributed by atoms with Crippen molar-refractivity contribution in [3.63, 3.8) is 0 Å². The molecule has 2 aromatic heterocycles. The fraction of sp³-hybridized carbons (Fsp3) is 0.500. The number of nitrogens with zero attached hydrogens (tertiary/aromatic N) is 4. The second-order valence-corrected chi connectivity index (χ2v) is 5.76. The Labute approximate surface area is 145 Å². The third-order valence-corrected chi connectivity index (χ3v) is 3.63. The summed E-state index contributed by atoms with van der Waals surface area (Å²) in [6.07, 6.45) is 1.37. The second kappa shape index (κ2) is 7.32. The van der Waals surface area contributed by atoms with Crippen molar-refractivity contribution in [2.24, 2.45) is 0 Å². The Bertz CT molecular complexity index is 744. The average Bonchev–Trinajstić information content (AvgIpc) is 2.96. The van der Waals surface area contributed by atoms with Crippen LogP contribution in [-0.4, -0.2) is 63.8 Å². The lowest BCUT2D eigenvalue weighted by Gasteiger charge is -2.35. The zero-order chi connectivity index (χ0) is 18.7. The minimum Gasteiger partial charge on any atom is -0.467 e. The van der Waals surface area contributed by atoms with Crippen LogP contribution in [0.15, 0.2) is 18.5 Å². The number of ether oxygens (including phenoxy) is 2. The van der Waals surface area contributed by atoms with E-state index >= 15 is 0 Å². The molecule has 1 saturated heterocycles. The highest BCUT2D eigenvalue weighted by molar-refractivity contribution is 5.52. The molecule has 0 aliphatic carbocycles. The fourth-order valence-electron chi connectivity index (χ4n) is 2.50. The number of H-pyrrole nitrogens is 1. The maximum absolute atomic E-state index is 14.0. The molecule has 0 unspecified atom stereocenters. The minimum atomic E-state index is -3.01. The van der Waals surface area contributed by atoms with Gasteiger partial charge in [-0.15, -0.1) is 0 Å². The summed E-state index contributed by atoms with van der Waals surface area (Å²) in [4.78, 5) is 9.43. The summed E-state index contributed by atoms with van der Waals surface area (Å²) in [5.41, 5.74) is 0. The van der Waals surface area contributed by atoms with Gasteiger partial charge in [-0.1, -0.05) is 0 Å². The molecule has 2 aromatic rings. The highest BCUT2D eigenvalue weighted by Crippen LogP contribution is 2.30. The monoisotopic (exact) mass is 376 g/mol. The van der Waals surface area contributed by atoms with Gasteiger partial charge in [-0.2, -0.15) is 18.9 Å². The number of hydrogen-bond acceptors (Lipinski definition) is 7. The smallest absolute Gasteiger partial charge is 0.388 e. The topological polar surface area (TPSA) is 88.2 Å². The standard InChI is InChI=1S/C14H16F4N6O2/c1-24-3-2-8(14(17,18)7-24)25-12-6-19-5-10(21-12)20-9-4-11(23-22-9)26-13(15)16/h4-6,8,13H,2-3,7H2,1H3,(H2,20,21,22,23)/t8-/m0/s1. The number of anilines is 2. The Kier molecular flexibility index (Phi) is 5.11. The fourth-order valence-corrected chi connectivity index (χ4v) is 2.50. The van der Waals surface area contributed by atoms with E-state index in [2.05, 4.69) is 30.2 Å². The van der Waals surface area contributed by atoms with Gasteiger partial charge in [0.15, 0.2) is 17.7 Å². The predicted octanol–water partition coefficient (Wildman–Crippen LogP) is 2.26. The molecular formula is C14H16F4N6O2. The summed E-state index contributed by atoms with van der Waals surface area (Å²) in [5.74, 6) is -3.05. The molecule has 8 nitrogen and oxygen atoms in total. The van der Waals surface area contributed by atoms with Crippen molar-refractivity contribution in [2.75, 3.05) is 25.5 Å². The second-order valence-electron chi connectivity index (χ2n) is 5.76. The molecule has 3 heterocycles. The summed E-state index contributed by atoms with van der Waals surface area (Å²) >= 11 is 0. The third-order valence-electron chi connectivity index (χ3n) is 3.63. The molecule has 0 radical (unpaired) electrons. The number of likely N-dealkylation sites (tertiary alicyclic amines) is 1. The molecule has 26 heavy (non-hydrogen) atoms. The first-order valence-corrected chi connectivity index (χ1v) is 7.64. The molecule has 142 valence electrons.